The van der Waals surface area contributed by atoms with Gasteiger partial charge in [-0.1, -0.05) is 57.9 Å². The van der Waals surface area contributed by atoms with E-state index in [1.54, 1.807) is 36.4 Å². The van der Waals surface area contributed by atoms with Gasteiger partial charge in [-0.3, -0.25) is 0 Å². The lowest BCUT2D eigenvalue weighted by molar-refractivity contribution is 0.598. The summed E-state index contributed by atoms with van der Waals surface area (Å²) in [6.07, 6.45) is 0. The van der Waals surface area contributed by atoms with Gasteiger partial charge in [-0.05, 0) is 24.3 Å². The summed E-state index contributed by atoms with van der Waals surface area (Å²) in [5.41, 5.74) is 0.560. The first kappa shape index (κ1) is 14.2. The third-order valence-corrected chi connectivity index (χ3v) is 4.55. The molecule has 0 heterocycles. The molecule has 0 spiro atoms. The van der Waals surface area contributed by atoms with E-state index in [-0.39, 0.29) is 10.1 Å². The lowest BCUT2D eigenvalue weighted by atomic mass is 10.2. The third-order valence-electron chi connectivity index (χ3n) is 2.32. The average molecular weight is 359 g/mol. The first-order chi connectivity index (χ1) is 8.99. The SMILES string of the molecule is O=S(=O)(N=C(Cl)c1ccccc1)c1ccc(Br)cc1. The number of rotatable bonds is 3. The van der Waals surface area contributed by atoms with Gasteiger partial charge in [0.15, 0.2) is 0 Å². The van der Waals surface area contributed by atoms with Crippen molar-refractivity contribution in [3.8, 4) is 0 Å². The molecule has 0 aliphatic carbocycles. The van der Waals surface area contributed by atoms with Crippen molar-refractivity contribution in [2.24, 2.45) is 4.40 Å². The zero-order valence-electron chi connectivity index (χ0n) is 9.62. The molecule has 0 N–H and O–H groups in total. The van der Waals surface area contributed by atoms with E-state index in [0.717, 1.165) is 4.47 Å². The van der Waals surface area contributed by atoms with Crippen LogP contribution < -0.4 is 0 Å². The summed E-state index contributed by atoms with van der Waals surface area (Å²) in [6.45, 7) is 0. The van der Waals surface area contributed by atoms with Crippen molar-refractivity contribution >= 4 is 42.7 Å². The normalized spacial score (nSPS) is 12.4. The highest BCUT2D eigenvalue weighted by Crippen LogP contribution is 2.18. The molecule has 0 saturated heterocycles. The van der Waals surface area contributed by atoms with Crippen LogP contribution in [0.25, 0.3) is 0 Å². The predicted octanol–water partition coefficient (Wildman–Crippen LogP) is 3.82. The summed E-state index contributed by atoms with van der Waals surface area (Å²) < 4.78 is 28.5. The fourth-order valence-electron chi connectivity index (χ4n) is 1.39. The number of hydrogen-bond donors (Lipinski definition) is 0. The number of nitrogens with zero attached hydrogens (tertiary/aromatic N) is 1. The molecule has 19 heavy (non-hydrogen) atoms. The molecule has 3 nitrogen and oxygen atoms in total. The summed E-state index contributed by atoms with van der Waals surface area (Å²) in [4.78, 5) is 0.102. The number of benzene rings is 2. The standard InChI is InChI=1S/C13H9BrClNO2S/c14-11-6-8-12(9-7-11)19(17,18)16-13(15)10-4-2-1-3-5-10/h1-9H. The molecule has 2 aromatic carbocycles. The van der Waals surface area contributed by atoms with E-state index in [2.05, 4.69) is 20.3 Å². The maximum absolute atomic E-state index is 12.0. The second-order valence-corrected chi connectivity index (χ2v) is 6.55. The summed E-state index contributed by atoms with van der Waals surface area (Å²) >= 11 is 9.18. The lowest BCUT2D eigenvalue weighted by Crippen LogP contribution is -2.01. The van der Waals surface area contributed by atoms with Crippen LogP contribution in [0, 0.1) is 0 Å². The van der Waals surface area contributed by atoms with E-state index < -0.39 is 10.0 Å². The van der Waals surface area contributed by atoms with Gasteiger partial charge < -0.3 is 0 Å². The van der Waals surface area contributed by atoms with Crippen molar-refractivity contribution in [2.45, 2.75) is 4.90 Å². The van der Waals surface area contributed by atoms with Crippen LogP contribution in [0.5, 0.6) is 0 Å². The van der Waals surface area contributed by atoms with Crippen molar-refractivity contribution < 1.29 is 8.42 Å². The summed E-state index contributed by atoms with van der Waals surface area (Å²) in [6, 6.07) is 15.0. The third kappa shape index (κ3) is 3.65. The van der Waals surface area contributed by atoms with Crippen molar-refractivity contribution in [1.29, 1.82) is 0 Å². The van der Waals surface area contributed by atoms with E-state index in [1.807, 2.05) is 6.07 Å². The highest BCUT2D eigenvalue weighted by Gasteiger charge is 2.14. The van der Waals surface area contributed by atoms with Gasteiger partial charge in [0.25, 0.3) is 10.0 Å². The predicted molar refractivity (Wildman–Crippen MR) is 80.2 cm³/mol. The first-order valence-electron chi connectivity index (χ1n) is 5.30. The second-order valence-electron chi connectivity index (χ2n) is 3.68. The number of hydrogen-bond acceptors (Lipinski definition) is 2. The van der Waals surface area contributed by atoms with Crippen LogP contribution in [-0.4, -0.2) is 13.6 Å². The van der Waals surface area contributed by atoms with Gasteiger partial charge in [-0.2, -0.15) is 8.42 Å². The Kier molecular flexibility index (Phi) is 4.39. The monoisotopic (exact) mass is 357 g/mol. The maximum atomic E-state index is 12.0. The Hall–Kier alpha value is -1.17. The van der Waals surface area contributed by atoms with Crippen molar-refractivity contribution in [2.75, 3.05) is 0 Å². The van der Waals surface area contributed by atoms with Crippen LogP contribution in [0.15, 0.2) is 68.4 Å². The molecule has 0 bridgehead atoms. The smallest absolute Gasteiger partial charge is 0.199 e. The van der Waals surface area contributed by atoms with Gasteiger partial charge in [-0.25, -0.2) is 0 Å². The Morgan fingerprint density at radius 2 is 1.58 bits per heavy atom. The molecular formula is C13H9BrClNO2S. The molecule has 2 rings (SSSR count). The van der Waals surface area contributed by atoms with Crippen molar-refractivity contribution in [1.82, 2.24) is 0 Å². The zero-order valence-corrected chi connectivity index (χ0v) is 12.8. The molecule has 0 amide bonds. The minimum Gasteiger partial charge on any atom is -0.199 e. The molecule has 0 fully saturated rings. The fraction of sp³-hybridized carbons (Fsp3) is 0. The van der Waals surface area contributed by atoms with Gasteiger partial charge in [0.1, 0.15) is 5.17 Å². The van der Waals surface area contributed by atoms with Crippen LogP contribution in [0.4, 0.5) is 0 Å². The Morgan fingerprint density at radius 1 is 1.00 bits per heavy atom. The molecule has 0 aliphatic rings. The van der Waals surface area contributed by atoms with Gasteiger partial charge in [0.05, 0.1) is 4.90 Å². The zero-order chi connectivity index (χ0) is 13.9. The highest BCUT2D eigenvalue weighted by atomic mass is 79.9. The largest absolute Gasteiger partial charge is 0.283 e. The topological polar surface area (TPSA) is 46.5 Å². The van der Waals surface area contributed by atoms with Crippen LogP contribution in [-0.2, 0) is 10.0 Å². The quantitative estimate of drug-likeness (QED) is 0.783. The molecule has 0 atom stereocenters. The van der Waals surface area contributed by atoms with E-state index in [0.29, 0.717) is 5.56 Å². The van der Waals surface area contributed by atoms with Crippen LogP contribution in [0.1, 0.15) is 5.56 Å². The Balaban J connectivity index is 2.39. The average Bonchev–Trinajstić information content (AvgIpc) is 2.40. The highest BCUT2D eigenvalue weighted by molar-refractivity contribution is 9.10. The Bertz CT molecular complexity index is 697. The molecule has 0 radical (unpaired) electrons. The minimum absolute atomic E-state index is 0.0523. The lowest BCUT2D eigenvalue weighted by Gasteiger charge is -2.01. The Morgan fingerprint density at radius 3 is 2.16 bits per heavy atom. The summed E-state index contributed by atoms with van der Waals surface area (Å²) in [7, 11) is -3.79. The molecule has 6 heteroatoms. The van der Waals surface area contributed by atoms with E-state index in [4.69, 9.17) is 11.6 Å². The van der Waals surface area contributed by atoms with Crippen molar-refractivity contribution in [3.63, 3.8) is 0 Å². The molecule has 0 unspecified atom stereocenters. The van der Waals surface area contributed by atoms with Crippen LogP contribution in [0.2, 0.25) is 0 Å². The minimum atomic E-state index is -3.79. The molecule has 0 aromatic heterocycles. The van der Waals surface area contributed by atoms with Gasteiger partial charge >= 0.3 is 0 Å². The summed E-state index contributed by atoms with van der Waals surface area (Å²) in [5, 5.41) is -0.0523. The molecule has 2 aromatic rings. The van der Waals surface area contributed by atoms with E-state index in [1.165, 1.54) is 12.1 Å². The van der Waals surface area contributed by atoms with Crippen LogP contribution >= 0.6 is 27.5 Å². The first-order valence-corrected chi connectivity index (χ1v) is 7.91. The summed E-state index contributed by atoms with van der Waals surface area (Å²) in [5.74, 6) is 0. The number of sulfonamides is 1. The van der Waals surface area contributed by atoms with Gasteiger partial charge in [0.2, 0.25) is 0 Å². The van der Waals surface area contributed by atoms with E-state index >= 15 is 0 Å². The van der Waals surface area contributed by atoms with E-state index in [9.17, 15) is 8.42 Å². The van der Waals surface area contributed by atoms with Gasteiger partial charge in [-0.15, -0.1) is 4.40 Å². The number of halogens is 2. The Labute approximate surface area is 125 Å². The molecule has 0 saturated carbocycles. The molecule has 0 aliphatic heterocycles. The molecule has 98 valence electrons. The van der Waals surface area contributed by atoms with Gasteiger partial charge in [0, 0.05) is 10.0 Å². The maximum Gasteiger partial charge on any atom is 0.283 e. The van der Waals surface area contributed by atoms with Crippen LogP contribution in [0.3, 0.4) is 0 Å². The second kappa shape index (κ2) is 5.86. The molecular weight excluding hydrogens is 350 g/mol. The van der Waals surface area contributed by atoms with Crippen molar-refractivity contribution in [3.05, 3.63) is 64.6 Å². The fourth-order valence-corrected chi connectivity index (χ4v) is 2.96.